The molecule has 146 valence electrons. The van der Waals surface area contributed by atoms with Crippen LogP contribution >= 0.6 is 11.8 Å². The van der Waals surface area contributed by atoms with E-state index in [0.717, 1.165) is 23.3 Å². The van der Waals surface area contributed by atoms with Gasteiger partial charge in [0.05, 0.1) is 12.5 Å². The van der Waals surface area contributed by atoms with Crippen molar-refractivity contribution in [1.82, 2.24) is 5.32 Å². The maximum Gasteiger partial charge on any atom is 0.305 e. The van der Waals surface area contributed by atoms with Gasteiger partial charge in [0.1, 0.15) is 0 Å². The Kier molecular flexibility index (Phi) is 6.36. The number of carboxylic acid groups (broad SMARTS) is 1. The second-order valence-corrected chi connectivity index (χ2v) is 7.62. The van der Waals surface area contributed by atoms with Crippen LogP contribution in [-0.2, 0) is 9.59 Å². The number of hydrogen-bond donors (Lipinski definition) is 3. The van der Waals surface area contributed by atoms with Crippen LogP contribution in [0.15, 0.2) is 53.4 Å². The lowest BCUT2D eigenvalue weighted by molar-refractivity contribution is -0.137. The first kappa shape index (κ1) is 19.9. The van der Waals surface area contributed by atoms with Crippen LogP contribution in [0, 0.1) is 5.92 Å². The highest BCUT2D eigenvalue weighted by Gasteiger charge is 2.29. The van der Waals surface area contributed by atoms with Gasteiger partial charge >= 0.3 is 5.97 Å². The summed E-state index contributed by atoms with van der Waals surface area (Å²) in [5.41, 5.74) is 1.78. The third-order valence-corrected chi connectivity index (χ3v) is 5.31. The SMILES string of the molecule is CSc1ccc(C(CC(=O)O)NC(=O)c2ccc(NC(=O)C3CC3)cc2)cc1. The Balaban J connectivity index is 1.68. The topological polar surface area (TPSA) is 95.5 Å². The lowest BCUT2D eigenvalue weighted by Crippen LogP contribution is -2.30. The van der Waals surface area contributed by atoms with Crippen molar-refractivity contribution in [2.75, 3.05) is 11.6 Å². The number of nitrogens with one attached hydrogen (secondary N) is 2. The summed E-state index contributed by atoms with van der Waals surface area (Å²) >= 11 is 1.59. The molecule has 1 atom stereocenters. The van der Waals surface area contributed by atoms with Crippen molar-refractivity contribution in [3.8, 4) is 0 Å². The van der Waals surface area contributed by atoms with Crippen LogP contribution in [0.4, 0.5) is 5.69 Å². The van der Waals surface area contributed by atoms with Gasteiger partial charge in [0.25, 0.3) is 5.91 Å². The summed E-state index contributed by atoms with van der Waals surface area (Å²) in [4.78, 5) is 36.7. The molecular weight excluding hydrogens is 376 g/mol. The molecule has 1 fully saturated rings. The number of carbonyl (C=O) groups is 3. The van der Waals surface area contributed by atoms with E-state index in [9.17, 15) is 19.5 Å². The van der Waals surface area contributed by atoms with E-state index < -0.39 is 12.0 Å². The van der Waals surface area contributed by atoms with Crippen molar-refractivity contribution in [2.45, 2.75) is 30.2 Å². The van der Waals surface area contributed by atoms with Crippen molar-refractivity contribution in [3.63, 3.8) is 0 Å². The van der Waals surface area contributed by atoms with E-state index in [-0.39, 0.29) is 24.2 Å². The summed E-state index contributed by atoms with van der Waals surface area (Å²) in [6.07, 6.45) is 3.60. The molecule has 3 N–H and O–H groups in total. The summed E-state index contributed by atoms with van der Waals surface area (Å²) in [6.45, 7) is 0. The van der Waals surface area contributed by atoms with Crippen LogP contribution in [0.1, 0.15) is 41.2 Å². The Morgan fingerprint density at radius 1 is 1.07 bits per heavy atom. The molecule has 0 radical (unpaired) electrons. The van der Waals surface area contributed by atoms with Gasteiger partial charge < -0.3 is 15.7 Å². The van der Waals surface area contributed by atoms with Crippen molar-refractivity contribution >= 4 is 35.2 Å². The number of thioether (sulfide) groups is 1. The molecule has 7 heteroatoms. The number of carbonyl (C=O) groups excluding carboxylic acids is 2. The van der Waals surface area contributed by atoms with Crippen LogP contribution in [-0.4, -0.2) is 29.1 Å². The second kappa shape index (κ2) is 8.93. The van der Waals surface area contributed by atoms with Crippen molar-refractivity contribution < 1.29 is 19.5 Å². The molecule has 0 spiro atoms. The zero-order valence-corrected chi connectivity index (χ0v) is 16.3. The van der Waals surface area contributed by atoms with E-state index in [1.807, 2.05) is 30.5 Å². The normalized spacial score (nSPS) is 14.2. The smallest absolute Gasteiger partial charge is 0.305 e. The van der Waals surface area contributed by atoms with Crippen molar-refractivity contribution in [3.05, 3.63) is 59.7 Å². The molecule has 0 heterocycles. The molecule has 1 aliphatic carbocycles. The highest BCUT2D eigenvalue weighted by Crippen LogP contribution is 2.30. The quantitative estimate of drug-likeness (QED) is 0.589. The number of hydrogen-bond acceptors (Lipinski definition) is 4. The first-order valence-corrected chi connectivity index (χ1v) is 10.3. The Morgan fingerprint density at radius 3 is 2.25 bits per heavy atom. The van der Waals surface area contributed by atoms with Gasteiger partial charge in [-0.3, -0.25) is 14.4 Å². The first-order chi connectivity index (χ1) is 13.5. The average molecular weight is 398 g/mol. The maximum atomic E-state index is 12.6. The standard InChI is InChI=1S/C21H22N2O4S/c1-28-17-10-6-13(7-11-17)18(12-19(24)25)23-21(27)15-4-8-16(9-5-15)22-20(26)14-2-3-14/h4-11,14,18H,2-3,12H2,1H3,(H,22,26)(H,23,27)(H,24,25). The van der Waals surface area contributed by atoms with E-state index in [4.69, 9.17) is 0 Å². The minimum Gasteiger partial charge on any atom is -0.481 e. The second-order valence-electron chi connectivity index (χ2n) is 6.74. The molecular formula is C21H22N2O4S. The van der Waals surface area contributed by atoms with Crippen LogP contribution in [0.5, 0.6) is 0 Å². The molecule has 2 aromatic carbocycles. The number of anilines is 1. The molecule has 2 aromatic rings. The minimum atomic E-state index is -0.989. The van der Waals surface area contributed by atoms with Gasteiger partial charge in [0.15, 0.2) is 0 Å². The predicted molar refractivity (Wildman–Crippen MR) is 108 cm³/mol. The molecule has 0 saturated heterocycles. The van der Waals surface area contributed by atoms with Crippen molar-refractivity contribution in [1.29, 1.82) is 0 Å². The van der Waals surface area contributed by atoms with Gasteiger partial charge in [-0.05, 0) is 61.1 Å². The van der Waals surface area contributed by atoms with Crippen LogP contribution < -0.4 is 10.6 Å². The maximum absolute atomic E-state index is 12.6. The van der Waals surface area contributed by atoms with E-state index in [2.05, 4.69) is 10.6 Å². The monoisotopic (exact) mass is 398 g/mol. The third-order valence-electron chi connectivity index (χ3n) is 4.57. The first-order valence-electron chi connectivity index (χ1n) is 9.04. The van der Waals surface area contributed by atoms with Crippen LogP contribution in [0.25, 0.3) is 0 Å². The van der Waals surface area contributed by atoms with Gasteiger partial charge in [-0.25, -0.2) is 0 Å². The molecule has 1 saturated carbocycles. The summed E-state index contributed by atoms with van der Waals surface area (Å²) in [7, 11) is 0. The highest BCUT2D eigenvalue weighted by molar-refractivity contribution is 7.98. The Bertz CT molecular complexity index is 861. The number of aliphatic carboxylic acids is 1. The van der Waals surface area contributed by atoms with E-state index in [0.29, 0.717) is 11.3 Å². The third kappa shape index (κ3) is 5.36. The van der Waals surface area contributed by atoms with E-state index in [1.165, 1.54) is 0 Å². The Hall–Kier alpha value is -2.80. The fourth-order valence-corrected chi connectivity index (χ4v) is 3.21. The van der Waals surface area contributed by atoms with Crippen LogP contribution in [0.2, 0.25) is 0 Å². The molecule has 28 heavy (non-hydrogen) atoms. The summed E-state index contributed by atoms with van der Waals surface area (Å²) in [6, 6.07) is 13.4. The van der Waals surface area contributed by atoms with E-state index >= 15 is 0 Å². The van der Waals surface area contributed by atoms with Crippen LogP contribution in [0.3, 0.4) is 0 Å². The zero-order chi connectivity index (χ0) is 20.1. The Labute approximate surface area is 167 Å². The fraction of sp³-hybridized carbons (Fsp3) is 0.286. The molecule has 1 aliphatic rings. The highest BCUT2D eigenvalue weighted by atomic mass is 32.2. The van der Waals surface area contributed by atoms with Gasteiger partial charge in [0.2, 0.25) is 5.91 Å². The molecule has 0 bridgehead atoms. The van der Waals surface area contributed by atoms with Gasteiger partial charge in [0, 0.05) is 22.1 Å². The fourth-order valence-electron chi connectivity index (χ4n) is 2.80. The molecule has 0 aliphatic heterocycles. The largest absolute Gasteiger partial charge is 0.481 e. The van der Waals surface area contributed by atoms with Gasteiger partial charge in [-0.15, -0.1) is 11.8 Å². The van der Waals surface area contributed by atoms with Crippen molar-refractivity contribution in [2.24, 2.45) is 5.92 Å². The molecule has 6 nitrogen and oxygen atoms in total. The molecule has 0 aromatic heterocycles. The molecule has 1 unspecified atom stereocenters. The van der Waals surface area contributed by atoms with E-state index in [1.54, 1.807) is 36.0 Å². The zero-order valence-electron chi connectivity index (χ0n) is 15.5. The lowest BCUT2D eigenvalue weighted by atomic mass is 10.0. The lowest BCUT2D eigenvalue weighted by Gasteiger charge is -2.18. The number of benzene rings is 2. The van der Waals surface area contributed by atoms with Gasteiger partial charge in [-0.2, -0.15) is 0 Å². The molecule has 2 amide bonds. The molecule has 3 rings (SSSR count). The summed E-state index contributed by atoms with van der Waals surface area (Å²) < 4.78 is 0. The summed E-state index contributed by atoms with van der Waals surface area (Å²) in [5, 5.41) is 14.8. The Morgan fingerprint density at radius 2 is 1.71 bits per heavy atom. The number of carboxylic acids is 1. The number of amides is 2. The minimum absolute atomic E-state index is 0.00686. The van der Waals surface area contributed by atoms with Gasteiger partial charge in [-0.1, -0.05) is 12.1 Å². The predicted octanol–water partition coefficient (Wildman–Crippen LogP) is 3.70. The average Bonchev–Trinajstić information content (AvgIpc) is 3.53. The summed E-state index contributed by atoms with van der Waals surface area (Å²) in [5.74, 6) is -1.23. The number of rotatable bonds is 8.